The van der Waals surface area contributed by atoms with Crippen LogP contribution in [-0.2, 0) is 11.2 Å². The summed E-state index contributed by atoms with van der Waals surface area (Å²) in [6, 6.07) is 8.00. The lowest BCUT2D eigenvalue weighted by Gasteiger charge is -2.17. The minimum atomic E-state index is 0.283. The number of halogens is 1. The Hall–Kier alpha value is -0.830. The summed E-state index contributed by atoms with van der Waals surface area (Å²) >= 11 is 3.43. The zero-order valence-electron chi connectivity index (χ0n) is 9.03. The van der Waals surface area contributed by atoms with E-state index in [1.807, 2.05) is 29.2 Å². The number of carbonyl (C=O) groups excluding carboxylic acids is 1. The number of rotatable bonds is 2. The van der Waals surface area contributed by atoms with Crippen LogP contribution in [0.4, 0.5) is 0 Å². The minimum absolute atomic E-state index is 0.283. The van der Waals surface area contributed by atoms with Gasteiger partial charge >= 0.3 is 0 Å². The Balaban J connectivity index is 1.64. The van der Waals surface area contributed by atoms with Crippen molar-refractivity contribution < 1.29 is 4.79 Å². The summed E-state index contributed by atoms with van der Waals surface area (Å²) in [4.78, 5) is 14.0. The number of likely N-dealkylation sites (tertiary alicyclic amines) is 1. The van der Waals surface area contributed by atoms with Crippen molar-refractivity contribution in [1.29, 1.82) is 0 Å². The average Bonchev–Trinajstić information content (AvgIpc) is 2.86. The first-order chi connectivity index (χ1) is 7.72. The second kappa shape index (κ2) is 3.88. The van der Waals surface area contributed by atoms with Crippen LogP contribution in [0.2, 0.25) is 0 Å². The van der Waals surface area contributed by atoms with Crippen molar-refractivity contribution in [1.82, 2.24) is 4.90 Å². The Morgan fingerprint density at radius 1 is 1.38 bits per heavy atom. The molecule has 0 N–H and O–H groups in total. The van der Waals surface area contributed by atoms with Gasteiger partial charge in [0.1, 0.15) is 0 Å². The third-order valence-corrected chi connectivity index (χ3v) is 4.07. The maximum Gasteiger partial charge on any atom is 0.227 e. The number of amides is 1. The minimum Gasteiger partial charge on any atom is -0.342 e. The second-order valence-corrected chi connectivity index (χ2v) is 5.78. The molecule has 1 aromatic rings. The lowest BCUT2D eigenvalue weighted by Crippen LogP contribution is -2.31. The van der Waals surface area contributed by atoms with Crippen LogP contribution >= 0.6 is 15.9 Å². The number of benzene rings is 1. The molecule has 1 aliphatic carbocycles. The van der Waals surface area contributed by atoms with Crippen molar-refractivity contribution in [3.05, 3.63) is 34.3 Å². The van der Waals surface area contributed by atoms with Crippen LogP contribution in [0, 0.1) is 11.8 Å². The summed E-state index contributed by atoms with van der Waals surface area (Å²) in [5, 5.41) is 0. The van der Waals surface area contributed by atoms with Crippen LogP contribution < -0.4 is 0 Å². The van der Waals surface area contributed by atoms with E-state index in [4.69, 9.17) is 0 Å². The Labute approximate surface area is 104 Å². The van der Waals surface area contributed by atoms with E-state index in [1.54, 1.807) is 0 Å². The smallest absolute Gasteiger partial charge is 0.227 e. The van der Waals surface area contributed by atoms with Crippen molar-refractivity contribution >= 4 is 21.8 Å². The standard InChI is InChI=1S/C13H14BrNO/c14-12-3-1-2-9(4-12)5-13(16)15-7-10-6-11(10)8-15/h1-4,10-11H,5-8H2. The Bertz CT molecular complexity index is 422. The van der Waals surface area contributed by atoms with Gasteiger partial charge in [-0.25, -0.2) is 0 Å². The molecule has 1 heterocycles. The van der Waals surface area contributed by atoms with E-state index in [2.05, 4.69) is 15.9 Å². The van der Waals surface area contributed by atoms with E-state index in [1.165, 1.54) is 6.42 Å². The van der Waals surface area contributed by atoms with Crippen molar-refractivity contribution in [3.8, 4) is 0 Å². The van der Waals surface area contributed by atoms with Crippen molar-refractivity contribution in [3.63, 3.8) is 0 Å². The van der Waals surface area contributed by atoms with E-state index in [0.717, 1.165) is 35.0 Å². The lowest BCUT2D eigenvalue weighted by molar-refractivity contribution is -0.129. The molecule has 3 heteroatoms. The number of hydrogen-bond donors (Lipinski definition) is 0. The molecule has 0 spiro atoms. The molecule has 1 amide bonds. The van der Waals surface area contributed by atoms with Gasteiger partial charge in [0.2, 0.25) is 5.91 Å². The Morgan fingerprint density at radius 2 is 2.12 bits per heavy atom. The highest BCUT2D eigenvalue weighted by atomic mass is 79.9. The lowest BCUT2D eigenvalue weighted by atomic mass is 10.1. The first-order valence-corrected chi connectivity index (χ1v) is 6.54. The molecule has 0 radical (unpaired) electrons. The molecule has 3 rings (SSSR count). The summed E-state index contributed by atoms with van der Waals surface area (Å²) < 4.78 is 1.04. The van der Waals surface area contributed by atoms with Crippen LogP contribution in [-0.4, -0.2) is 23.9 Å². The summed E-state index contributed by atoms with van der Waals surface area (Å²) in [6.07, 6.45) is 1.89. The van der Waals surface area contributed by atoms with Gasteiger partial charge in [-0.15, -0.1) is 0 Å². The molecule has 1 aromatic carbocycles. The Kier molecular flexibility index (Phi) is 2.51. The highest BCUT2D eigenvalue weighted by Gasteiger charge is 2.46. The van der Waals surface area contributed by atoms with E-state index in [0.29, 0.717) is 6.42 Å². The van der Waals surface area contributed by atoms with E-state index in [-0.39, 0.29) is 5.91 Å². The molecule has 1 aliphatic heterocycles. The SMILES string of the molecule is O=C(Cc1cccc(Br)c1)N1CC2CC2C1. The second-order valence-electron chi connectivity index (χ2n) is 4.86. The molecule has 84 valence electrons. The summed E-state index contributed by atoms with van der Waals surface area (Å²) in [5.41, 5.74) is 1.10. The summed E-state index contributed by atoms with van der Waals surface area (Å²) in [5.74, 6) is 1.93. The monoisotopic (exact) mass is 279 g/mol. The molecule has 16 heavy (non-hydrogen) atoms. The molecule has 2 nitrogen and oxygen atoms in total. The fraction of sp³-hybridized carbons (Fsp3) is 0.462. The van der Waals surface area contributed by atoms with E-state index >= 15 is 0 Å². The van der Waals surface area contributed by atoms with Gasteiger partial charge in [0.15, 0.2) is 0 Å². The van der Waals surface area contributed by atoms with Crippen LogP contribution in [0.1, 0.15) is 12.0 Å². The summed E-state index contributed by atoms with van der Waals surface area (Å²) in [7, 11) is 0. The molecule has 1 saturated heterocycles. The number of hydrogen-bond acceptors (Lipinski definition) is 1. The average molecular weight is 280 g/mol. The van der Waals surface area contributed by atoms with Crippen molar-refractivity contribution in [2.45, 2.75) is 12.8 Å². The van der Waals surface area contributed by atoms with Gasteiger partial charge in [0.05, 0.1) is 6.42 Å². The predicted molar refractivity (Wildman–Crippen MR) is 66.0 cm³/mol. The van der Waals surface area contributed by atoms with Crippen molar-refractivity contribution in [2.75, 3.05) is 13.1 Å². The number of nitrogens with zero attached hydrogens (tertiary/aromatic N) is 1. The highest BCUT2D eigenvalue weighted by molar-refractivity contribution is 9.10. The van der Waals surface area contributed by atoms with E-state index in [9.17, 15) is 4.79 Å². The third-order valence-electron chi connectivity index (χ3n) is 3.58. The fourth-order valence-electron chi connectivity index (χ4n) is 2.54. The van der Waals surface area contributed by atoms with Crippen LogP contribution in [0.25, 0.3) is 0 Å². The molecule has 2 aliphatic rings. The van der Waals surface area contributed by atoms with Crippen LogP contribution in [0.15, 0.2) is 28.7 Å². The first kappa shape index (κ1) is 10.3. The van der Waals surface area contributed by atoms with Gasteiger partial charge in [-0.05, 0) is 36.0 Å². The van der Waals surface area contributed by atoms with Gasteiger partial charge in [0.25, 0.3) is 0 Å². The quantitative estimate of drug-likeness (QED) is 0.815. The van der Waals surface area contributed by atoms with Crippen LogP contribution in [0.5, 0.6) is 0 Å². The van der Waals surface area contributed by atoms with Gasteiger partial charge in [-0.3, -0.25) is 4.79 Å². The molecule has 2 unspecified atom stereocenters. The molecular weight excluding hydrogens is 266 g/mol. The van der Waals surface area contributed by atoms with E-state index < -0.39 is 0 Å². The Morgan fingerprint density at radius 3 is 2.81 bits per heavy atom. The maximum absolute atomic E-state index is 12.0. The largest absolute Gasteiger partial charge is 0.342 e. The van der Waals surface area contributed by atoms with Gasteiger partial charge in [0, 0.05) is 17.6 Å². The zero-order valence-corrected chi connectivity index (χ0v) is 10.6. The fourth-order valence-corrected chi connectivity index (χ4v) is 2.98. The van der Waals surface area contributed by atoms with Gasteiger partial charge in [-0.1, -0.05) is 28.1 Å². The zero-order chi connectivity index (χ0) is 11.1. The van der Waals surface area contributed by atoms with Crippen molar-refractivity contribution in [2.24, 2.45) is 11.8 Å². The third kappa shape index (κ3) is 2.01. The molecule has 2 atom stereocenters. The topological polar surface area (TPSA) is 20.3 Å². The molecule has 2 fully saturated rings. The van der Waals surface area contributed by atoms with Crippen LogP contribution in [0.3, 0.4) is 0 Å². The molecular formula is C13H14BrNO. The number of piperidine rings is 1. The first-order valence-electron chi connectivity index (χ1n) is 5.74. The van der Waals surface area contributed by atoms with Gasteiger partial charge < -0.3 is 4.90 Å². The molecule has 0 aromatic heterocycles. The predicted octanol–water partition coefficient (Wildman–Crippen LogP) is 2.47. The molecule has 0 bridgehead atoms. The molecule has 1 saturated carbocycles. The normalized spacial score (nSPS) is 26.7. The van der Waals surface area contributed by atoms with Gasteiger partial charge in [-0.2, -0.15) is 0 Å². The highest BCUT2D eigenvalue weighted by Crippen LogP contribution is 2.44. The number of fused-ring (bicyclic) bond motifs is 1. The maximum atomic E-state index is 12.0. The number of carbonyl (C=O) groups is 1. The summed E-state index contributed by atoms with van der Waals surface area (Å²) in [6.45, 7) is 2.00.